The normalized spacial score (nSPS) is 12.8. The Morgan fingerprint density at radius 1 is 1.47 bits per heavy atom. The summed E-state index contributed by atoms with van der Waals surface area (Å²) in [7, 11) is 0. The number of hydrogen-bond donors (Lipinski definition) is 1. The molecule has 1 aromatic rings. The van der Waals surface area contributed by atoms with E-state index in [9.17, 15) is 0 Å². The van der Waals surface area contributed by atoms with Crippen molar-refractivity contribution in [2.45, 2.75) is 37.6 Å². The molecule has 1 nitrogen and oxygen atoms in total. The molecular weight excluding hydrogens is 270 g/mol. The van der Waals surface area contributed by atoms with E-state index < -0.39 is 0 Å². The maximum absolute atomic E-state index is 5.95. The van der Waals surface area contributed by atoms with Crippen molar-refractivity contribution in [1.82, 2.24) is 0 Å². The van der Waals surface area contributed by atoms with E-state index in [2.05, 4.69) is 41.1 Å². The second-order valence-corrected chi connectivity index (χ2v) is 5.73. The predicted octanol–water partition coefficient (Wildman–Crippen LogP) is 4.36. The highest BCUT2D eigenvalue weighted by molar-refractivity contribution is 9.10. The van der Waals surface area contributed by atoms with Gasteiger partial charge in [-0.15, -0.1) is 11.8 Å². The number of nitrogens with two attached hydrogens (primary N) is 1. The highest BCUT2D eigenvalue weighted by Crippen LogP contribution is 2.29. The molecule has 1 atom stereocenters. The number of benzene rings is 1. The van der Waals surface area contributed by atoms with Crippen LogP contribution in [0.4, 0.5) is 0 Å². The van der Waals surface area contributed by atoms with Gasteiger partial charge in [0.1, 0.15) is 0 Å². The van der Waals surface area contributed by atoms with E-state index in [1.54, 1.807) is 0 Å². The first kappa shape index (κ1) is 13.1. The van der Waals surface area contributed by atoms with Crippen LogP contribution in [0.25, 0.3) is 0 Å². The van der Waals surface area contributed by atoms with Crippen LogP contribution in [0.3, 0.4) is 0 Å². The smallest absolute Gasteiger partial charge is 0.0277 e. The van der Waals surface area contributed by atoms with E-state index in [0.29, 0.717) is 0 Å². The van der Waals surface area contributed by atoms with E-state index in [-0.39, 0.29) is 6.04 Å². The SMILES string of the molecule is CCCCSc1ccc(Br)cc1C(C)N. The molecule has 0 aliphatic heterocycles. The fourth-order valence-corrected chi connectivity index (χ4v) is 2.94. The van der Waals surface area contributed by atoms with Gasteiger partial charge in [-0.3, -0.25) is 0 Å². The Bertz CT molecular complexity index is 312. The molecule has 0 bridgehead atoms. The Labute approximate surface area is 105 Å². The van der Waals surface area contributed by atoms with Crippen LogP contribution in [0.15, 0.2) is 27.6 Å². The van der Waals surface area contributed by atoms with Crippen LogP contribution in [0.2, 0.25) is 0 Å². The fourth-order valence-electron chi connectivity index (χ4n) is 1.33. The summed E-state index contributed by atoms with van der Waals surface area (Å²) in [4.78, 5) is 1.32. The molecule has 1 unspecified atom stereocenters. The Balaban J connectivity index is 2.77. The number of unbranched alkanes of at least 4 members (excludes halogenated alkanes) is 1. The van der Waals surface area contributed by atoms with Crippen LogP contribution in [0, 0.1) is 0 Å². The van der Waals surface area contributed by atoms with Crippen molar-refractivity contribution in [2.24, 2.45) is 5.73 Å². The van der Waals surface area contributed by atoms with Crippen LogP contribution >= 0.6 is 27.7 Å². The molecule has 0 saturated heterocycles. The predicted molar refractivity (Wildman–Crippen MR) is 72.4 cm³/mol. The Morgan fingerprint density at radius 3 is 2.80 bits per heavy atom. The minimum atomic E-state index is 0.103. The van der Waals surface area contributed by atoms with Gasteiger partial charge in [-0.1, -0.05) is 29.3 Å². The van der Waals surface area contributed by atoms with E-state index in [4.69, 9.17) is 5.73 Å². The zero-order valence-corrected chi connectivity index (χ0v) is 11.7. The average molecular weight is 288 g/mol. The maximum atomic E-state index is 5.95. The quantitative estimate of drug-likeness (QED) is 0.643. The topological polar surface area (TPSA) is 26.0 Å². The molecule has 0 aliphatic rings. The summed E-state index contributed by atoms with van der Waals surface area (Å²) in [6.07, 6.45) is 2.51. The lowest BCUT2D eigenvalue weighted by Gasteiger charge is -2.12. The van der Waals surface area contributed by atoms with Crippen molar-refractivity contribution in [2.75, 3.05) is 5.75 Å². The summed E-state index contributed by atoms with van der Waals surface area (Å²) < 4.78 is 1.11. The molecule has 0 aliphatic carbocycles. The second kappa shape index (κ2) is 6.56. The summed E-state index contributed by atoms with van der Waals surface area (Å²) in [5.74, 6) is 1.18. The van der Waals surface area contributed by atoms with E-state index in [1.807, 2.05) is 18.7 Å². The average Bonchev–Trinajstić information content (AvgIpc) is 2.20. The fraction of sp³-hybridized carbons (Fsp3) is 0.500. The number of hydrogen-bond acceptors (Lipinski definition) is 2. The number of thioether (sulfide) groups is 1. The number of rotatable bonds is 5. The summed E-state index contributed by atoms with van der Waals surface area (Å²) in [5, 5.41) is 0. The Morgan fingerprint density at radius 2 is 2.20 bits per heavy atom. The van der Waals surface area contributed by atoms with Crippen molar-refractivity contribution in [3.05, 3.63) is 28.2 Å². The second-order valence-electron chi connectivity index (χ2n) is 3.67. The summed E-state index contributed by atoms with van der Waals surface area (Å²) >= 11 is 5.39. The van der Waals surface area contributed by atoms with Gasteiger partial charge in [0, 0.05) is 15.4 Å². The van der Waals surface area contributed by atoms with E-state index in [1.165, 1.54) is 29.1 Å². The van der Waals surface area contributed by atoms with Crippen LogP contribution in [-0.4, -0.2) is 5.75 Å². The highest BCUT2D eigenvalue weighted by atomic mass is 79.9. The highest BCUT2D eigenvalue weighted by Gasteiger charge is 2.07. The molecule has 0 spiro atoms. The molecule has 1 aromatic carbocycles. The van der Waals surface area contributed by atoms with Gasteiger partial charge in [0.25, 0.3) is 0 Å². The molecule has 0 radical (unpaired) electrons. The summed E-state index contributed by atoms with van der Waals surface area (Å²) in [5.41, 5.74) is 7.19. The first-order chi connectivity index (χ1) is 7.15. The zero-order chi connectivity index (χ0) is 11.3. The van der Waals surface area contributed by atoms with Crippen molar-refractivity contribution in [3.8, 4) is 0 Å². The van der Waals surface area contributed by atoms with Gasteiger partial charge in [-0.05, 0) is 42.9 Å². The van der Waals surface area contributed by atoms with Crippen LogP contribution in [0.1, 0.15) is 38.3 Å². The standard InChI is InChI=1S/C12H18BrNS/c1-3-4-7-15-12-6-5-10(13)8-11(12)9(2)14/h5-6,8-9H,3-4,7,14H2,1-2H3. The van der Waals surface area contributed by atoms with Gasteiger partial charge in [-0.2, -0.15) is 0 Å². The van der Waals surface area contributed by atoms with Crippen molar-refractivity contribution >= 4 is 27.7 Å². The summed E-state index contributed by atoms with van der Waals surface area (Å²) in [6.45, 7) is 4.25. The van der Waals surface area contributed by atoms with Crippen molar-refractivity contribution in [1.29, 1.82) is 0 Å². The van der Waals surface area contributed by atoms with Gasteiger partial charge < -0.3 is 5.73 Å². The van der Waals surface area contributed by atoms with Crippen LogP contribution in [-0.2, 0) is 0 Å². The van der Waals surface area contributed by atoms with Crippen molar-refractivity contribution < 1.29 is 0 Å². The molecule has 3 heteroatoms. The Kier molecular flexibility index (Phi) is 5.72. The largest absolute Gasteiger partial charge is 0.324 e. The molecule has 15 heavy (non-hydrogen) atoms. The first-order valence-corrected chi connectivity index (χ1v) is 7.10. The van der Waals surface area contributed by atoms with Crippen molar-refractivity contribution in [3.63, 3.8) is 0 Å². The lowest BCUT2D eigenvalue weighted by molar-refractivity contribution is 0.796. The first-order valence-electron chi connectivity index (χ1n) is 5.33. The molecule has 0 amide bonds. The van der Waals surface area contributed by atoms with E-state index >= 15 is 0 Å². The Hall–Kier alpha value is 0.01000. The molecule has 1 rings (SSSR count). The minimum absolute atomic E-state index is 0.103. The summed E-state index contributed by atoms with van der Waals surface area (Å²) in [6, 6.07) is 6.47. The third-order valence-electron chi connectivity index (χ3n) is 2.22. The van der Waals surface area contributed by atoms with Crippen LogP contribution in [0.5, 0.6) is 0 Å². The van der Waals surface area contributed by atoms with Gasteiger partial charge in [0.2, 0.25) is 0 Å². The van der Waals surface area contributed by atoms with Crippen LogP contribution < -0.4 is 5.73 Å². The van der Waals surface area contributed by atoms with E-state index in [0.717, 1.165) is 4.47 Å². The monoisotopic (exact) mass is 287 g/mol. The molecule has 0 heterocycles. The lowest BCUT2D eigenvalue weighted by Crippen LogP contribution is -2.06. The molecule has 0 saturated carbocycles. The van der Waals surface area contributed by atoms with Gasteiger partial charge in [0.05, 0.1) is 0 Å². The van der Waals surface area contributed by atoms with Gasteiger partial charge in [0.15, 0.2) is 0 Å². The molecule has 2 N–H and O–H groups in total. The molecule has 0 aromatic heterocycles. The minimum Gasteiger partial charge on any atom is -0.324 e. The third-order valence-corrected chi connectivity index (χ3v) is 3.89. The number of halogens is 1. The maximum Gasteiger partial charge on any atom is 0.0277 e. The molecule has 0 fully saturated rings. The zero-order valence-electron chi connectivity index (χ0n) is 9.29. The lowest BCUT2D eigenvalue weighted by atomic mass is 10.1. The molecular formula is C12H18BrNS. The third kappa shape index (κ3) is 4.17. The van der Waals surface area contributed by atoms with Gasteiger partial charge >= 0.3 is 0 Å². The van der Waals surface area contributed by atoms with Gasteiger partial charge in [-0.25, -0.2) is 0 Å². The molecule has 84 valence electrons.